The molecule has 37 atom stereocenters. The lowest BCUT2D eigenvalue weighted by Crippen LogP contribution is -2.71. The number of ether oxygens (including phenoxy) is 11. The number of hydrogen-bond donors (Lipinski definition) is 21. The summed E-state index contributed by atoms with van der Waals surface area (Å²) in [5.41, 5.74) is -4.87. The first-order valence-electron chi connectivity index (χ1n) is 30.4. The van der Waals surface area contributed by atoms with Gasteiger partial charge in [-0.3, -0.25) is 4.79 Å². The standard InChI is InChI=1S/C56H90O33/c1-18-10-55-17-56(18,89-51-46(88-50-41(76)37(72)31(66)23(14-60)83-50)44(33(68)25(16-62)84-51)86-48-39(74)35(70)29(64)21(12-58)81-48)8-5-26(55)53(2)6-4-7-54(3,52(77)78)27(53)9-19(55)42-45(87-49-40(75)36(71)30(65)22(13-59)82-49)43(32(67)24(15-61)79-42)85-47-38(73)34(69)28(63)20(11-57)80-47/h19-51,57-76H,1,4-17H2,2-3H3,(H,77,78)/t19-,20-,21-,22-,23-,24-,25-,26?,27+,28-,29-,30-,31-,32-,33-,34+,35+,36+,37+,38-,39-,40-,41-,42?,43?,44+,45-,46-,47+,48+,49+,50+,51+,53+,54-,55+,56-/m1/s1. The quantitative estimate of drug-likeness (QED) is 0.0448. The molecule has 1 spiro atoms. The number of hydrogen-bond acceptors (Lipinski definition) is 32. The minimum atomic E-state index is -2.13. The molecule has 10 fully saturated rings. The smallest absolute Gasteiger partial charge is 0.309 e. The third kappa shape index (κ3) is 11.9. The van der Waals surface area contributed by atoms with Crippen LogP contribution in [0.4, 0.5) is 0 Å². The molecule has 33 heteroatoms. The fraction of sp³-hybridized carbons (Fsp3) is 0.946. The first-order chi connectivity index (χ1) is 42.0. The van der Waals surface area contributed by atoms with Gasteiger partial charge in [0.25, 0.3) is 0 Å². The first-order valence-corrected chi connectivity index (χ1v) is 30.4. The van der Waals surface area contributed by atoms with Crippen molar-refractivity contribution in [2.24, 2.45) is 34.0 Å². The number of carbonyl (C=O) groups is 1. The van der Waals surface area contributed by atoms with Gasteiger partial charge in [0, 0.05) is 0 Å². The Morgan fingerprint density at radius 3 is 1.25 bits per heavy atom. The maximum absolute atomic E-state index is 13.8. The number of rotatable bonds is 18. The second kappa shape index (κ2) is 26.9. The van der Waals surface area contributed by atoms with Crippen LogP contribution in [0.3, 0.4) is 0 Å². The van der Waals surface area contributed by atoms with Crippen molar-refractivity contribution < 1.29 is 164 Å². The fourth-order valence-corrected chi connectivity index (χ4v) is 16.9. The highest BCUT2D eigenvalue weighted by Crippen LogP contribution is 2.76. The molecule has 0 aromatic carbocycles. The molecule has 6 saturated heterocycles. The van der Waals surface area contributed by atoms with Crippen LogP contribution < -0.4 is 0 Å². The Morgan fingerprint density at radius 2 is 0.831 bits per heavy atom. The largest absolute Gasteiger partial charge is 0.481 e. The predicted molar refractivity (Wildman–Crippen MR) is 285 cm³/mol. The van der Waals surface area contributed by atoms with Gasteiger partial charge in [-0.2, -0.15) is 0 Å². The van der Waals surface area contributed by atoms with Gasteiger partial charge in [-0.15, -0.1) is 0 Å². The van der Waals surface area contributed by atoms with E-state index >= 15 is 0 Å². The monoisotopic (exact) mass is 1290 g/mol. The highest BCUT2D eigenvalue weighted by molar-refractivity contribution is 5.75. The van der Waals surface area contributed by atoms with Crippen LogP contribution in [0.25, 0.3) is 0 Å². The highest BCUT2D eigenvalue weighted by atomic mass is 16.8. The van der Waals surface area contributed by atoms with Gasteiger partial charge in [-0.25, -0.2) is 0 Å². The summed E-state index contributed by atoms with van der Waals surface area (Å²) in [6.07, 6.45) is -56.1. The fourth-order valence-electron chi connectivity index (χ4n) is 16.9. The van der Waals surface area contributed by atoms with Crippen LogP contribution in [-0.2, 0) is 56.9 Å². The van der Waals surface area contributed by atoms with E-state index in [1.54, 1.807) is 6.92 Å². The zero-order valence-corrected chi connectivity index (χ0v) is 48.9. The van der Waals surface area contributed by atoms with E-state index in [-0.39, 0.29) is 38.5 Å². The normalized spacial score (nSPS) is 55.3. The van der Waals surface area contributed by atoms with Crippen molar-refractivity contribution in [3.63, 3.8) is 0 Å². The molecular formula is C56H90O33. The Balaban J connectivity index is 1.10. The second-order valence-corrected chi connectivity index (χ2v) is 26.6. The van der Waals surface area contributed by atoms with E-state index in [1.807, 2.05) is 6.92 Å². The van der Waals surface area contributed by atoms with E-state index in [0.717, 1.165) is 0 Å². The van der Waals surface area contributed by atoms with Crippen molar-refractivity contribution in [2.75, 3.05) is 39.6 Å². The summed E-state index contributed by atoms with van der Waals surface area (Å²) in [5.74, 6) is -3.49. The van der Waals surface area contributed by atoms with Gasteiger partial charge in [-0.1, -0.05) is 19.9 Å². The molecule has 6 aliphatic heterocycles. The topological polar surface area (TPSA) is 543 Å². The van der Waals surface area contributed by atoms with Crippen molar-refractivity contribution >= 4 is 5.97 Å². The molecular weight excluding hydrogens is 1200 g/mol. The van der Waals surface area contributed by atoms with Crippen molar-refractivity contribution in [1.29, 1.82) is 0 Å². The lowest BCUT2D eigenvalue weighted by molar-refractivity contribution is -0.400. The molecule has 4 saturated carbocycles. The molecule has 0 aromatic heterocycles. The Morgan fingerprint density at radius 1 is 0.461 bits per heavy atom. The number of carboxylic acids is 1. The Labute approximate surface area is 509 Å². The molecule has 10 aliphatic rings. The number of carboxylic acid groups (broad SMARTS) is 1. The summed E-state index contributed by atoms with van der Waals surface area (Å²) in [6.45, 7) is 2.56. The van der Waals surface area contributed by atoms with Gasteiger partial charge < -0.3 is 159 Å². The van der Waals surface area contributed by atoms with Crippen LogP contribution in [0.1, 0.15) is 65.2 Å². The molecule has 33 nitrogen and oxygen atoms in total. The van der Waals surface area contributed by atoms with Gasteiger partial charge in [-0.05, 0) is 86.0 Å². The molecule has 0 aromatic rings. The van der Waals surface area contributed by atoms with Crippen molar-refractivity contribution in [3.8, 4) is 0 Å². The molecule has 2 bridgehead atoms. The molecule has 10 rings (SSSR count). The SMILES string of the molecule is C=C1C[C@@]23C[C@]1(O[C@@H]1O[C@H](CO)[C@@H](O)[C@H](O[C@@H]4O[C@H](CO)[C@@H](O)[C@H](O)[C@H]4O)[C@H]1O[C@@H]1O[C@H](CO)[C@@H](O)[C@H](O)[C@H]1O)CCC2[C@]1(C)CCC[C@@](C)(C(=O)O)[C@H]1C[C@@H]3C1O[C@H](CO)[C@@H](O)C(O[C@@H]2O[C@H](CO)[C@@H](O)[C@H](O)[C@H]2O)[C@@H]1O[C@@H]1O[C@H](CO)[C@@H](O)[C@H](O)[C@H]1O. The van der Waals surface area contributed by atoms with E-state index in [4.69, 9.17) is 52.1 Å². The minimum Gasteiger partial charge on any atom is -0.481 e. The van der Waals surface area contributed by atoms with E-state index < -0.39 is 269 Å². The van der Waals surface area contributed by atoms with Gasteiger partial charge in [0.05, 0.1) is 56.8 Å². The van der Waals surface area contributed by atoms with Gasteiger partial charge in [0.1, 0.15) is 146 Å². The number of fused-ring (bicyclic) bond motifs is 3. The Kier molecular flexibility index (Phi) is 21.1. The van der Waals surface area contributed by atoms with Crippen molar-refractivity contribution in [2.45, 2.75) is 255 Å². The van der Waals surface area contributed by atoms with Gasteiger partial charge in [0.2, 0.25) is 0 Å². The van der Waals surface area contributed by atoms with E-state index in [0.29, 0.717) is 18.4 Å². The summed E-state index contributed by atoms with van der Waals surface area (Å²) in [5, 5.41) is 231. The van der Waals surface area contributed by atoms with Crippen LogP contribution in [0, 0.1) is 34.0 Å². The Bertz CT molecular complexity index is 2410. The van der Waals surface area contributed by atoms with Crippen molar-refractivity contribution in [3.05, 3.63) is 12.2 Å². The minimum absolute atomic E-state index is 0.0204. The molecule has 0 amide bonds. The molecule has 6 heterocycles. The molecule has 0 radical (unpaired) electrons. The van der Waals surface area contributed by atoms with Crippen LogP contribution in [0.2, 0.25) is 0 Å². The summed E-state index contributed by atoms with van der Waals surface area (Å²) in [6, 6.07) is 0. The van der Waals surface area contributed by atoms with E-state index in [1.165, 1.54) is 0 Å². The lowest BCUT2D eigenvalue weighted by Gasteiger charge is -2.68. The van der Waals surface area contributed by atoms with E-state index in [9.17, 15) is 112 Å². The van der Waals surface area contributed by atoms with E-state index in [2.05, 4.69) is 6.58 Å². The summed E-state index contributed by atoms with van der Waals surface area (Å²) in [4.78, 5) is 13.8. The highest BCUT2D eigenvalue weighted by Gasteiger charge is 2.74. The number of aliphatic hydroxyl groups is 20. The Hall–Kier alpha value is -2.03. The average Bonchev–Trinajstić information content (AvgIpc) is 1.62. The van der Waals surface area contributed by atoms with Crippen LogP contribution in [0.15, 0.2) is 12.2 Å². The zero-order chi connectivity index (χ0) is 64.9. The third-order valence-corrected chi connectivity index (χ3v) is 21.8. The summed E-state index contributed by atoms with van der Waals surface area (Å²) in [7, 11) is 0. The predicted octanol–water partition coefficient (Wildman–Crippen LogP) is -9.66. The lowest BCUT2D eigenvalue weighted by atomic mass is 9.37. The number of aliphatic carboxylic acids is 1. The number of aliphatic hydroxyl groups excluding tert-OH is 20. The maximum Gasteiger partial charge on any atom is 0.309 e. The molecule has 21 N–H and O–H groups in total. The molecule has 3 unspecified atom stereocenters. The second-order valence-electron chi connectivity index (χ2n) is 26.6. The first kappa shape index (κ1) is 69.8. The molecule has 4 aliphatic carbocycles. The summed E-state index contributed by atoms with van der Waals surface area (Å²) < 4.78 is 69.0. The van der Waals surface area contributed by atoms with Crippen LogP contribution >= 0.6 is 0 Å². The third-order valence-electron chi connectivity index (χ3n) is 21.8. The molecule has 89 heavy (non-hydrogen) atoms. The van der Waals surface area contributed by atoms with Crippen LogP contribution in [0.5, 0.6) is 0 Å². The summed E-state index contributed by atoms with van der Waals surface area (Å²) >= 11 is 0. The van der Waals surface area contributed by atoms with Crippen molar-refractivity contribution in [1.82, 2.24) is 0 Å². The van der Waals surface area contributed by atoms with Gasteiger partial charge in [0.15, 0.2) is 31.5 Å². The van der Waals surface area contributed by atoms with Gasteiger partial charge >= 0.3 is 5.97 Å². The zero-order valence-electron chi connectivity index (χ0n) is 48.9. The molecule has 512 valence electrons. The average molecular weight is 1290 g/mol. The maximum atomic E-state index is 13.8. The van der Waals surface area contributed by atoms with Crippen LogP contribution in [-0.4, -0.2) is 342 Å².